The first-order chi connectivity index (χ1) is 18.1. The van der Waals surface area contributed by atoms with E-state index in [1.807, 2.05) is 0 Å². The van der Waals surface area contributed by atoms with Crippen molar-refractivity contribution >= 4 is 45.6 Å². The lowest BCUT2D eigenvalue weighted by Gasteiger charge is -2.23. The summed E-state index contributed by atoms with van der Waals surface area (Å²) in [4.78, 5) is 55.6. The SMILES string of the molecule is CCOC(=O)c1sc(N2C(=O)C(=O)/C(=C(/O)c3ccc(OC)cc3C)[C@@H]2c2cccc([N+](=O)[O-])c2)nc1C. The smallest absolute Gasteiger partial charge is 0.350 e. The Labute approximate surface area is 221 Å². The molecule has 0 unspecified atom stereocenters. The molecule has 1 N–H and O–H groups in total. The van der Waals surface area contributed by atoms with Gasteiger partial charge in [0.25, 0.3) is 11.5 Å². The van der Waals surface area contributed by atoms with Crippen molar-refractivity contribution in [3.63, 3.8) is 0 Å². The van der Waals surface area contributed by atoms with Crippen molar-refractivity contribution in [1.82, 2.24) is 4.98 Å². The molecule has 2 heterocycles. The van der Waals surface area contributed by atoms with Crippen LogP contribution in [0.1, 0.15) is 45.0 Å². The molecule has 0 aliphatic carbocycles. The number of aliphatic hydroxyl groups excluding tert-OH is 1. The van der Waals surface area contributed by atoms with Gasteiger partial charge in [-0.25, -0.2) is 9.78 Å². The molecule has 1 atom stereocenters. The number of carbonyl (C=O) groups is 3. The number of esters is 1. The number of nitro groups is 1. The third kappa shape index (κ3) is 4.61. The zero-order chi connectivity index (χ0) is 27.7. The lowest BCUT2D eigenvalue weighted by atomic mass is 9.93. The highest BCUT2D eigenvalue weighted by Crippen LogP contribution is 2.44. The number of Topliss-reactive ketones (excluding diaryl/α,β-unsaturated/α-hetero) is 1. The molecule has 38 heavy (non-hydrogen) atoms. The first kappa shape index (κ1) is 26.5. The molecule has 3 aromatic rings. The number of rotatable bonds is 7. The minimum atomic E-state index is -1.25. The number of non-ortho nitro benzene ring substituents is 1. The third-order valence-corrected chi connectivity index (χ3v) is 7.12. The molecule has 12 heteroatoms. The summed E-state index contributed by atoms with van der Waals surface area (Å²) in [6.07, 6.45) is 0. The summed E-state index contributed by atoms with van der Waals surface area (Å²) in [5, 5.41) is 22.9. The number of nitro benzene ring substituents is 1. The van der Waals surface area contributed by atoms with E-state index in [0.717, 1.165) is 16.2 Å². The standard InChI is InChI=1S/C26H23N3O8S/c1-5-37-25(33)23-14(3)27-26(38-23)28-20(15-7-6-8-16(12-15)29(34)35)19(22(31)24(28)32)21(30)18-10-9-17(36-4)11-13(18)2/h6-12,20,30H,5H2,1-4H3/b21-19+/t20-/m0/s1. The predicted molar refractivity (Wildman–Crippen MR) is 138 cm³/mol. The van der Waals surface area contributed by atoms with Crippen LogP contribution in [0, 0.1) is 24.0 Å². The number of methoxy groups -OCH3 is 1. The van der Waals surface area contributed by atoms with Crippen LogP contribution in [-0.2, 0) is 14.3 Å². The number of anilines is 1. The van der Waals surface area contributed by atoms with Crippen molar-refractivity contribution in [2.24, 2.45) is 0 Å². The first-order valence-corrected chi connectivity index (χ1v) is 12.3. The number of aliphatic hydroxyl groups is 1. The monoisotopic (exact) mass is 537 g/mol. The Balaban J connectivity index is 1.96. The van der Waals surface area contributed by atoms with E-state index >= 15 is 0 Å². The Morgan fingerprint density at radius 2 is 1.95 bits per heavy atom. The Morgan fingerprint density at radius 1 is 1.21 bits per heavy atom. The minimum absolute atomic E-state index is 0.00895. The number of carbonyl (C=O) groups excluding carboxylic acids is 3. The molecule has 1 aliphatic heterocycles. The van der Waals surface area contributed by atoms with Gasteiger partial charge in [0.2, 0.25) is 0 Å². The van der Waals surface area contributed by atoms with Crippen molar-refractivity contribution in [3.05, 3.63) is 85.4 Å². The second-order valence-electron chi connectivity index (χ2n) is 8.33. The number of aromatic nitrogens is 1. The van der Waals surface area contributed by atoms with E-state index in [9.17, 15) is 29.6 Å². The molecule has 0 spiro atoms. The molecular formula is C26H23N3O8S. The second-order valence-corrected chi connectivity index (χ2v) is 9.31. The fraction of sp³-hybridized carbons (Fsp3) is 0.231. The fourth-order valence-corrected chi connectivity index (χ4v) is 5.19. The summed E-state index contributed by atoms with van der Waals surface area (Å²) >= 11 is 0.850. The summed E-state index contributed by atoms with van der Waals surface area (Å²) < 4.78 is 10.3. The molecule has 196 valence electrons. The van der Waals surface area contributed by atoms with E-state index in [1.54, 1.807) is 39.0 Å². The number of ketones is 1. The first-order valence-electron chi connectivity index (χ1n) is 11.4. The molecule has 1 fully saturated rings. The number of benzene rings is 2. The molecule has 1 aliphatic rings. The Kier molecular flexibility index (Phi) is 7.26. The van der Waals surface area contributed by atoms with Gasteiger partial charge < -0.3 is 14.6 Å². The van der Waals surface area contributed by atoms with Crippen molar-refractivity contribution < 1.29 is 33.9 Å². The van der Waals surface area contributed by atoms with Crippen LogP contribution in [0.15, 0.2) is 48.0 Å². The van der Waals surface area contributed by atoms with Gasteiger partial charge in [0.15, 0.2) is 5.13 Å². The normalized spacial score (nSPS) is 16.5. The highest BCUT2D eigenvalue weighted by molar-refractivity contribution is 7.17. The van der Waals surface area contributed by atoms with Gasteiger partial charge in [0, 0.05) is 17.7 Å². The van der Waals surface area contributed by atoms with Crippen molar-refractivity contribution in [2.45, 2.75) is 26.8 Å². The Bertz CT molecular complexity index is 1510. The molecule has 1 aromatic heterocycles. The highest BCUT2D eigenvalue weighted by atomic mass is 32.1. The van der Waals surface area contributed by atoms with E-state index in [4.69, 9.17) is 9.47 Å². The van der Waals surface area contributed by atoms with E-state index < -0.39 is 34.4 Å². The quantitative estimate of drug-likeness (QED) is 0.115. The summed E-state index contributed by atoms with van der Waals surface area (Å²) in [7, 11) is 1.49. The third-order valence-electron chi connectivity index (χ3n) is 5.98. The Morgan fingerprint density at radius 3 is 2.58 bits per heavy atom. The lowest BCUT2D eigenvalue weighted by molar-refractivity contribution is -0.384. The molecule has 0 bridgehead atoms. The van der Waals surface area contributed by atoms with Gasteiger partial charge in [-0.15, -0.1) is 0 Å². The summed E-state index contributed by atoms with van der Waals surface area (Å²) in [5.74, 6) is -2.56. The average molecular weight is 538 g/mol. The van der Waals surface area contributed by atoms with E-state index in [-0.39, 0.29) is 44.7 Å². The second kappa shape index (κ2) is 10.4. The number of thiazole rings is 1. The van der Waals surface area contributed by atoms with Crippen LogP contribution in [0.3, 0.4) is 0 Å². The maximum absolute atomic E-state index is 13.4. The number of aryl methyl sites for hydroxylation is 2. The molecule has 0 saturated carbocycles. The van der Waals surface area contributed by atoms with Gasteiger partial charge >= 0.3 is 11.9 Å². The van der Waals surface area contributed by atoms with Crippen LogP contribution in [0.2, 0.25) is 0 Å². The molecular weight excluding hydrogens is 514 g/mol. The fourth-order valence-electron chi connectivity index (χ4n) is 4.20. The number of ether oxygens (including phenoxy) is 2. The van der Waals surface area contributed by atoms with E-state index in [2.05, 4.69) is 4.98 Å². The largest absolute Gasteiger partial charge is 0.507 e. The molecule has 1 saturated heterocycles. The maximum Gasteiger partial charge on any atom is 0.350 e. The molecule has 4 rings (SSSR count). The number of hydrogen-bond acceptors (Lipinski definition) is 10. The molecule has 11 nitrogen and oxygen atoms in total. The van der Waals surface area contributed by atoms with Crippen LogP contribution < -0.4 is 9.64 Å². The summed E-state index contributed by atoms with van der Waals surface area (Å²) in [5.41, 5.74) is 0.804. The number of amides is 1. The summed E-state index contributed by atoms with van der Waals surface area (Å²) in [6.45, 7) is 5.04. The highest BCUT2D eigenvalue weighted by Gasteiger charge is 2.49. The lowest BCUT2D eigenvalue weighted by Crippen LogP contribution is -2.29. The van der Waals surface area contributed by atoms with Crippen LogP contribution in [0.5, 0.6) is 5.75 Å². The van der Waals surface area contributed by atoms with E-state index in [1.165, 1.54) is 31.4 Å². The average Bonchev–Trinajstić information content (AvgIpc) is 3.40. The van der Waals surface area contributed by atoms with Gasteiger partial charge in [0.1, 0.15) is 16.4 Å². The number of hydrogen-bond donors (Lipinski definition) is 1. The molecule has 2 aromatic carbocycles. The zero-order valence-electron chi connectivity index (χ0n) is 20.9. The van der Waals surface area contributed by atoms with Gasteiger partial charge in [-0.3, -0.25) is 24.6 Å². The van der Waals surface area contributed by atoms with Crippen LogP contribution >= 0.6 is 11.3 Å². The van der Waals surface area contributed by atoms with Crippen LogP contribution in [0.25, 0.3) is 5.76 Å². The van der Waals surface area contributed by atoms with Crippen LogP contribution in [-0.4, -0.2) is 46.4 Å². The van der Waals surface area contributed by atoms with Crippen LogP contribution in [0.4, 0.5) is 10.8 Å². The van der Waals surface area contributed by atoms with Crippen molar-refractivity contribution in [2.75, 3.05) is 18.6 Å². The molecule has 1 amide bonds. The van der Waals surface area contributed by atoms with Gasteiger partial charge in [0.05, 0.1) is 35.9 Å². The predicted octanol–water partition coefficient (Wildman–Crippen LogP) is 4.48. The Hall–Kier alpha value is -4.58. The molecule has 0 radical (unpaired) electrons. The van der Waals surface area contributed by atoms with Gasteiger partial charge in [-0.1, -0.05) is 23.5 Å². The van der Waals surface area contributed by atoms with Gasteiger partial charge in [-0.05, 0) is 50.1 Å². The summed E-state index contributed by atoms with van der Waals surface area (Å²) in [6, 6.07) is 8.98. The van der Waals surface area contributed by atoms with Crippen molar-refractivity contribution in [1.29, 1.82) is 0 Å². The minimum Gasteiger partial charge on any atom is -0.507 e. The van der Waals surface area contributed by atoms with Gasteiger partial charge in [-0.2, -0.15) is 0 Å². The zero-order valence-corrected chi connectivity index (χ0v) is 21.7. The topological polar surface area (TPSA) is 149 Å². The van der Waals surface area contributed by atoms with E-state index in [0.29, 0.717) is 11.3 Å². The van der Waals surface area contributed by atoms with Crippen molar-refractivity contribution in [3.8, 4) is 5.75 Å². The number of nitrogens with zero attached hydrogens (tertiary/aromatic N) is 3. The maximum atomic E-state index is 13.4.